The Bertz CT molecular complexity index is 1290. The molecule has 0 aliphatic carbocycles. The quantitative estimate of drug-likeness (QED) is 0.269. The van der Waals surface area contributed by atoms with Gasteiger partial charge in [0.2, 0.25) is 0 Å². The Morgan fingerprint density at radius 1 is 0.441 bits per heavy atom. The summed E-state index contributed by atoms with van der Waals surface area (Å²) in [5.41, 5.74) is 3.40. The lowest BCUT2D eigenvalue weighted by Gasteiger charge is -2.34. The van der Waals surface area contributed by atoms with Crippen molar-refractivity contribution < 1.29 is 0 Å². The summed E-state index contributed by atoms with van der Waals surface area (Å²) in [6, 6.07) is 52.6. The molecule has 0 unspecified atom stereocenters. The van der Waals surface area contributed by atoms with Crippen molar-refractivity contribution in [1.82, 2.24) is 0 Å². The Labute approximate surface area is 202 Å². The van der Waals surface area contributed by atoms with E-state index in [-0.39, 0.29) is 0 Å². The van der Waals surface area contributed by atoms with E-state index < -0.39 is 8.07 Å². The molecule has 0 aliphatic heterocycles. The minimum atomic E-state index is -2.48. The first-order valence-corrected chi connectivity index (χ1v) is 13.6. The molecular formula is C32H25NSi. The lowest BCUT2D eigenvalue weighted by molar-refractivity contribution is 1.26. The van der Waals surface area contributed by atoms with E-state index in [0.29, 0.717) is 6.42 Å². The minimum Gasteiger partial charge on any atom is -0.198 e. The average molecular weight is 452 g/mol. The highest BCUT2D eigenvalue weighted by Gasteiger charge is 2.41. The van der Waals surface area contributed by atoms with Crippen LogP contribution in [-0.4, -0.2) is 8.07 Å². The molecule has 0 saturated carbocycles. The maximum atomic E-state index is 8.95. The van der Waals surface area contributed by atoms with E-state index in [4.69, 9.17) is 5.26 Å². The molecule has 0 fully saturated rings. The van der Waals surface area contributed by atoms with Gasteiger partial charge in [0.25, 0.3) is 0 Å². The van der Waals surface area contributed by atoms with E-state index in [2.05, 4.69) is 133 Å². The highest BCUT2D eigenvalue weighted by molar-refractivity contribution is 7.19. The molecule has 0 N–H and O–H groups in total. The van der Waals surface area contributed by atoms with Crippen LogP contribution in [0.4, 0.5) is 0 Å². The molecule has 5 rings (SSSR count). The van der Waals surface area contributed by atoms with Crippen LogP contribution in [0.15, 0.2) is 140 Å². The monoisotopic (exact) mass is 451 g/mol. The van der Waals surface area contributed by atoms with Gasteiger partial charge in [-0.3, -0.25) is 0 Å². The maximum absolute atomic E-state index is 8.95. The molecule has 2 heteroatoms. The minimum absolute atomic E-state index is 0.443. The Kier molecular flexibility index (Phi) is 6.20. The van der Waals surface area contributed by atoms with Crippen LogP contribution in [0.5, 0.6) is 0 Å². The Hall–Kier alpha value is -4.19. The smallest absolute Gasteiger partial charge is 0.179 e. The zero-order chi connectivity index (χ0) is 23.2. The Balaban J connectivity index is 1.69. The molecule has 5 aromatic rings. The van der Waals surface area contributed by atoms with Gasteiger partial charge < -0.3 is 0 Å². The summed E-state index contributed by atoms with van der Waals surface area (Å²) in [5, 5.41) is 14.4. The van der Waals surface area contributed by atoms with Gasteiger partial charge in [0, 0.05) is 0 Å². The molecule has 0 saturated heterocycles. The van der Waals surface area contributed by atoms with E-state index in [0.717, 1.165) is 5.56 Å². The summed E-state index contributed by atoms with van der Waals surface area (Å²) >= 11 is 0. The van der Waals surface area contributed by atoms with Crippen molar-refractivity contribution in [3.05, 3.63) is 145 Å². The summed E-state index contributed by atoms with van der Waals surface area (Å²) in [6.45, 7) is 0. The number of hydrogen-bond donors (Lipinski definition) is 0. The summed E-state index contributed by atoms with van der Waals surface area (Å²) in [5.74, 6) is 0. The van der Waals surface area contributed by atoms with E-state index in [9.17, 15) is 0 Å². The van der Waals surface area contributed by atoms with Gasteiger partial charge in [-0.1, -0.05) is 140 Å². The van der Waals surface area contributed by atoms with E-state index in [1.54, 1.807) is 0 Å². The Morgan fingerprint density at radius 3 is 1.18 bits per heavy atom. The van der Waals surface area contributed by atoms with Crippen molar-refractivity contribution in [2.75, 3.05) is 0 Å². The van der Waals surface area contributed by atoms with Crippen LogP contribution in [0.3, 0.4) is 0 Å². The van der Waals surface area contributed by atoms with E-state index in [1.807, 2.05) is 12.1 Å². The molecule has 0 amide bonds. The molecule has 34 heavy (non-hydrogen) atoms. The first-order valence-electron chi connectivity index (χ1n) is 11.6. The average Bonchev–Trinajstić information content (AvgIpc) is 2.92. The SMILES string of the molecule is N#CCc1ccc(-c2ccc([Si](c3ccccc3)(c3ccccc3)c3ccccc3)cc2)cc1. The molecule has 0 radical (unpaired) electrons. The first-order chi connectivity index (χ1) is 16.8. The van der Waals surface area contributed by atoms with Crippen LogP contribution < -0.4 is 20.7 Å². The molecular weight excluding hydrogens is 426 g/mol. The lowest BCUT2D eigenvalue weighted by Crippen LogP contribution is -2.74. The molecule has 5 aromatic carbocycles. The third-order valence-corrected chi connectivity index (χ3v) is 11.3. The van der Waals surface area contributed by atoms with Crippen molar-refractivity contribution in [1.29, 1.82) is 5.26 Å². The summed E-state index contributed by atoms with van der Waals surface area (Å²) in [4.78, 5) is 0. The van der Waals surface area contributed by atoms with Crippen LogP contribution in [0.2, 0.25) is 0 Å². The predicted molar refractivity (Wildman–Crippen MR) is 145 cm³/mol. The van der Waals surface area contributed by atoms with Crippen LogP contribution in [0, 0.1) is 11.3 Å². The van der Waals surface area contributed by atoms with Crippen LogP contribution in [0.1, 0.15) is 5.56 Å². The predicted octanol–water partition coefficient (Wildman–Crippen LogP) is 4.80. The molecule has 0 bridgehead atoms. The normalized spacial score (nSPS) is 11.0. The van der Waals surface area contributed by atoms with Crippen LogP contribution in [-0.2, 0) is 6.42 Å². The fraction of sp³-hybridized carbons (Fsp3) is 0.0312. The molecule has 0 heterocycles. The fourth-order valence-electron chi connectivity index (χ4n) is 4.88. The fourth-order valence-corrected chi connectivity index (χ4v) is 9.63. The van der Waals surface area contributed by atoms with E-state index in [1.165, 1.54) is 31.9 Å². The zero-order valence-corrected chi connectivity index (χ0v) is 19.9. The standard InChI is InChI=1S/C32H25NSi/c33-25-24-26-16-18-27(19-17-26)28-20-22-32(23-21-28)34(29-10-4-1-5-11-29,30-12-6-2-7-13-30)31-14-8-3-9-15-31/h1-23H,24H2. The molecule has 0 aromatic heterocycles. The second kappa shape index (κ2) is 9.75. The summed E-state index contributed by atoms with van der Waals surface area (Å²) in [7, 11) is -2.48. The lowest BCUT2D eigenvalue weighted by atomic mass is 10.0. The van der Waals surface area contributed by atoms with E-state index >= 15 is 0 Å². The molecule has 162 valence electrons. The summed E-state index contributed by atoms with van der Waals surface area (Å²) < 4.78 is 0. The number of nitriles is 1. The maximum Gasteiger partial charge on any atom is 0.179 e. The van der Waals surface area contributed by atoms with Gasteiger partial charge in [0.05, 0.1) is 12.5 Å². The van der Waals surface area contributed by atoms with Gasteiger partial charge in [0.15, 0.2) is 8.07 Å². The van der Waals surface area contributed by atoms with Crippen molar-refractivity contribution in [2.45, 2.75) is 6.42 Å². The van der Waals surface area contributed by atoms with Gasteiger partial charge in [-0.25, -0.2) is 0 Å². The molecule has 0 aliphatic rings. The number of benzene rings is 5. The second-order valence-corrected chi connectivity index (χ2v) is 12.3. The van der Waals surface area contributed by atoms with Gasteiger partial charge in [-0.2, -0.15) is 5.26 Å². The topological polar surface area (TPSA) is 23.8 Å². The largest absolute Gasteiger partial charge is 0.198 e. The van der Waals surface area contributed by atoms with Crippen molar-refractivity contribution in [2.24, 2.45) is 0 Å². The third kappa shape index (κ3) is 3.99. The third-order valence-electron chi connectivity index (χ3n) is 6.51. The van der Waals surface area contributed by atoms with Crippen LogP contribution in [0.25, 0.3) is 11.1 Å². The van der Waals surface area contributed by atoms with Gasteiger partial charge in [-0.15, -0.1) is 0 Å². The number of nitrogens with zero attached hydrogens (tertiary/aromatic N) is 1. The zero-order valence-electron chi connectivity index (χ0n) is 18.9. The highest BCUT2D eigenvalue weighted by atomic mass is 28.3. The summed E-state index contributed by atoms with van der Waals surface area (Å²) in [6.07, 6.45) is 0.443. The van der Waals surface area contributed by atoms with Gasteiger partial charge >= 0.3 is 0 Å². The first kappa shape index (κ1) is 21.6. The van der Waals surface area contributed by atoms with Crippen molar-refractivity contribution in [3.63, 3.8) is 0 Å². The molecule has 1 nitrogen and oxygen atoms in total. The van der Waals surface area contributed by atoms with Gasteiger partial charge in [0.1, 0.15) is 0 Å². The van der Waals surface area contributed by atoms with Crippen molar-refractivity contribution >= 4 is 28.8 Å². The van der Waals surface area contributed by atoms with Gasteiger partial charge in [-0.05, 0) is 37.4 Å². The Morgan fingerprint density at radius 2 is 0.794 bits per heavy atom. The molecule has 0 spiro atoms. The van der Waals surface area contributed by atoms with Crippen molar-refractivity contribution in [3.8, 4) is 17.2 Å². The second-order valence-electron chi connectivity index (χ2n) is 8.46. The highest BCUT2D eigenvalue weighted by Crippen LogP contribution is 2.20. The molecule has 0 atom stereocenters. The number of hydrogen-bond acceptors (Lipinski definition) is 1. The van der Waals surface area contributed by atoms with Crippen LogP contribution >= 0.6 is 0 Å². The number of rotatable bonds is 6.